The molecule has 7 heteroatoms. The van der Waals surface area contributed by atoms with Crippen LogP contribution in [-0.2, 0) is 12.3 Å². The van der Waals surface area contributed by atoms with E-state index in [-0.39, 0.29) is 5.56 Å². The van der Waals surface area contributed by atoms with E-state index in [9.17, 15) is 4.79 Å². The largest absolute Gasteiger partial charge is 0.361 e. The highest BCUT2D eigenvalue weighted by Crippen LogP contribution is 2.24. The number of thioether (sulfide) groups is 1. The lowest BCUT2D eigenvalue weighted by Crippen LogP contribution is -2.25. The van der Waals surface area contributed by atoms with Gasteiger partial charge >= 0.3 is 0 Å². The van der Waals surface area contributed by atoms with E-state index >= 15 is 0 Å². The van der Waals surface area contributed by atoms with Crippen LogP contribution in [0.1, 0.15) is 25.3 Å². The van der Waals surface area contributed by atoms with Gasteiger partial charge in [0, 0.05) is 22.8 Å². The molecule has 0 atom stereocenters. The molecule has 2 heterocycles. The van der Waals surface area contributed by atoms with Gasteiger partial charge in [0.2, 0.25) is 0 Å². The van der Waals surface area contributed by atoms with E-state index < -0.39 is 0 Å². The van der Waals surface area contributed by atoms with Crippen molar-refractivity contribution in [1.29, 1.82) is 0 Å². The van der Waals surface area contributed by atoms with Crippen molar-refractivity contribution in [3.63, 3.8) is 0 Å². The molecule has 0 fully saturated rings. The van der Waals surface area contributed by atoms with E-state index in [1.165, 1.54) is 11.8 Å². The molecule has 0 aliphatic carbocycles. The number of halogens is 1. The molecular weight excluding hydrogens is 390 g/mol. The third-order valence-electron chi connectivity index (χ3n) is 3.45. The molecule has 0 saturated heterocycles. The van der Waals surface area contributed by atoms with Gasteiger partial charge in [0.25, 0.3) is 5.56 Å². The Kier molecular flexibility index (Phi) is 5.10. The van der Waals surface area contributed by atoms with Crippen LogP contribution in [0, 0.1) is 12.8 Å². The fourth-order valence-electron chi connectivity index (χ4n) is 2.43. The zero-order valence-electron chi connectivity index (χ0n) is 13.7. The first kappa shape index (κ1) is 17.2. The number of aryl methyl sites for hydroxylation is 1. The first-order valence-electron chi connectivity index (χ1n) is 7.69. The lowest BCUT2D eigenvalue weighted by atomic mass is 10.2. The van der Waals surface area contributed by atoms with Crippen LogP contribution >= 0.6 is 27.7 Å². The Hall–Kier alpha value is -1.60. The number of hydrogen-bond acceptors (Lipinski definition) is 5. The van der Waals surface area contributed by atoms with E-state index in [0.717, 1.165) is 15.9 Å². The molecular formula is C17H18BrN3O2S. The first-order chi connectivity index (χ1) is 11.4. The second-order valence-electron chi connectivity index (χ2n) is 6.08. The molecule has 0 radical (unpaired) electrons. The molecule has 0 aliphatic heterocycles. The highest BCUT2D eigenvalue weighted by Gasteiger charge is 2.14. The van der Waals surface area contributed by atoms with Gasteiger partial charge in [-0.2, -0.15) is 0 Å². The maximum atomic E-state index is 12.9. The van der Waals surface area contributed by atoms with Crippen molar-refractivity contribution in [3.05, 3.63) is 50.5 Å². The summed E-state index contributed by atoms with van der Waals surface area (Å²) in [6.45, 7) is 6.68. The number of benzene rings is 1. The van der Waals surface area contributed by atoms with Gasteiger partial charge in [0.1, 0.15) is 5.76 Å². The molecule has 0 aliphatic rings. The van der Waals surface area contributed by atoms with Gasteiger partial charge in [-0.3, -0.25) is 9.36 Å². The van der Waals surface area contributed by atoms with E-state index in [0.29, 0.717) is 34.3 Å². The summed E-state index contributed by atoms with van der Waals surface area (Å²) in [6.07, 6.45) is 0. The van der Waals surface area contributed by atoms with Gasteiger partial charge in [0.15, 0.2) is 5.16 Å². The fourth-order valence-corrected chi connectivity index (χ4v) is 3.68. The van der Waals surface area contributed by atoms with Crippen LogP contribution in [0.2, 0.25) is 0 Å². The van der Waals surface area contributed by atoms with Crippen molar-refractivity contribution < 1.29 is 4.52 Å². The SMILES string of the molecule is Cc1cc(CSc2nc3ccc(Br)cc3c(=O)n2CC(C)C)no1. The second kappa shape index (κ2) is 7.11. The molecule has 0 bridgehead atoms. The second-order valence-corrected chi connectivity index (χ2v) is 7.94. The summed E-state index contributed by atoms with van der Waals surface area (Å²) in [6, 6.07) is 7.49. The zero-order chi connectivity index (χ0) is 17.3. The molecule has 2 aromatic heterocycles. The topological polar surface area (TPSA) is 60.9 Å². The summed E-state index contributed by atoms with van der Waals surface area (Å²) in [7, 11) is 0. The Morgan fingerprint density at radius 3 is 2.79 bits per heavy atom. The molecule has 5 nitrogen and oxygen atoms in total. The van der Waals surface area contributed by atoms with Crippen molar-refractivity contribution in [1.82, 2.24) is 14.7 Å². The summed E-state index contributed by atoms with van der Waals surface area (Å²) >= 11 is 4.93. The highest BCUT2D eigenvalue weighted by atomic mass is 79.9. The van der Waals surface area contributed by atoms with Crippen LogP contribution in [0.4, 0.5) is 0 Å². The Morgan fingerprint density at radius 1 is 1.33 bits per heavy atom. The number of rotatable bonds is 5. The van der Waals surface area contributed by atoms with Gasteiger partial charge in [-0.05, 0) is 31.0 Å². The van der Waals surface area contributed by atoms with Crippen LogP contribution in [-0.4, -0.2) is 14.7 Å². The minimum Gasteiger partial charge on any atom is -0.361 e. The van der Waals surface area contributed by atoms with Crippen molar-refractivity contribution in [2.24, 2.45) is 5.92 Å². The van der Waals surface area contributed by atoms with E-state index in [4.69, 9.17) is 9.51 Å². The highest BCUT2D eigenvalue weighted by molar-refractivity contribution is 9.10. The van der Waals surface area contributed by atoms with E-state index in [1.807, 2.05) is 31.2 Å². The smallest absolute Gasteiger partial charge is 0.262 e. The fraction of sp³-hybridized carbons (Fsp3) is 0.353. The molecule has 0 spiro atoms. The van der Waals surface area contributed by atoms with Crippen molar-refractivity contribution in [2.45, 2.75) is 38.2 Å². The Morgan fingerprint density at radius 2 is 2.12 bits per heavy atom. The summed E-state index contributed by atoms with van der Waals surface area (Å²) in [5, 5.41) is 5.34. The quantitative estimate of drug-likeness (QED) is 0.463. The van der Waals surface area contributed by atoms with Crippen LogP contribution in [0.3, 0.4) is 0 Å². The van der Waals surface area contributed by atoms with Crippen LogP contribution < -0.4 is 5.56 Å². The number of hydrogen-bond donors (Lipinski definition) is 0. The molecule has 0 saturated carbocycles. The van der Waals surface area contributed by atoms with Crippen LogP contribution in [0.15, 0.2) is 43.2 Å². The molecule has 24 heavy (non-hydrogen) atoms. The van der Waals surface area contributed by atoms with Crippen LogP contribution in [0.5, 0.6) is 0 Å². The lowest BCUT2D eigenvalue weighted by molar-refractivity contribution is 0.393. The van der Waals surface area contributed by atoms with Gasteiger partial charge in [-0.15, -0.1) is 0 Å². The maximum absolute atomic E-state index is 12.9. The zero-order valence-corrected chi connectivity index (χ0v) is 16.1. The molecule has 0 unspecified atom stereocenters. The van der Waals surface area contributed by atoms with E-state index in [1.54, 1.807) is 4.57 Å². The number of fused-ring (bicyclic) bond motifs is 1. The molecule has 3 aromatic rings. The summed E-state index contributed by atoms with van der Waals surface area (Å²) in [5.41, 5.74) is 1.55. The number of nitrogens with zero attached hydrogens (tertiary/aromatic N) is 3. The molecule has 0 N–H and O–H groups in total. The summed E-state index contributed by atoms with van der Waals surface area (Å²) in [4.78, 5) is 17.6. The third kappa shape index (κ3) is 3.72. The Bertz CT molecular complexity index is 933. The summed E-state index contributed by atoms with van der Waals surface area (Å²) < 4.78 is 7.74. The maximum Gasteiger partial charge on any atom is 0.262 e. The third-order valence-corrected chi connectivity index (χ3v) is 4.96. The van der Waals surface area contributed by atoms with Crippen LogP contribution in [0.25, 0.3) is 10.9 Å². The van der Waals surface area contributed by atoms with Crippen molar-refractivity contribution >= 4 is 38.6 Å². The Balaban J connectivity index is 2.03. The molecule has 3 rings (SSSR count). The summed E-state index contributed by atoms with van der Waals surface area (Å²) in [5.74, 6) is 1.74. The predicted molar refractivity (Wildman–Crippen MR) is 99.3 cm³/mol. The number of aromatic nitrogens is 3. The average molecular weight is 408 g/mol. The monoisotopic (exact) mass is 407 g/mol. The van der Waals surface area contributed by atoms with Crippen molar-refractivity contribution in [2.75, 3.05) is 0 Å². The average Bonchev–Trinajstić information content (AvgIpc) is 2.94. The lowest BCUT2D eigenvalue weighted by Gasteiger charge is -2.14. The molecule has 126 valence electrons. The normalized spacial score (nSPS) is 11.5. The van der Waals surface area contributed by atoms with Gasteiger partial charge < -0.3 is 4.52 Å². The molecule has 0 amide bonds. The van der Waals surface area contributed by atoms with E-state index in [2.05, 4.69) is 34.9 Å². The standard InChI is InChI=1S/C17H18BrN3O2S/c1-10(2)8-21-16(22)14-7-12(18)4-5-15(14)19-17(21)24-9-13-6-11(3)23-20-13/h4-7,10H,8-9H2,1-3H3. The minimum absolute atomic E-state index is 0.00571. The Labute approximate surface area is 152 Å². The van der Waals surface area contributed by atoms with Gasteiger partial charge in [0.05, 0.1) is 16.6 Å². The van der Waals surface area contributed by atoms with Gasteiger partial charge in [-0.1, -0.05) is 46.7 Å². The predicted octanol–water partition coefficient (Wildman–Crippen LogP) is 4.40. The van der Waals surface area contributed by atoms with Crippen molar-refractivity contribution in [3.8, 4) is 0 Å². The van der Waals surface area contributed by atoms with Gasteiger partial charge in [-0.25, -0.2) is 4.98 Å². The molecule has 1 aromatic carbocycles. The first-order valence-corrected chi connectivity index (χ1v) is 9.47. The minimum atomic E-state index is -0.00571.